The summed E-state index contributed by atoms with van der Waals surface area (Å²) in [5.41, 5.74) is 1.37. The van der Waals surface area contributed by atoms with Crippen LogP contribution in [0, 0.1) is 24.7 Å². The van der Waals surface area contributed by atoms with Gasteiger partial charge in [0.05, 0.1) is 18.3 Å². The molecule has 1 aromatic heterocycles. The number of cyclic esters (lactones) is 1. The van der Waals surface area contributed by atoms with E-state index in [4.69, 9.17) is 13.9 Å². The number of aromatic nitrogens is 1. The normalized spacial score (nSPS) is 33.7. The zero-order valence-corrected chi connectivity index (χ0v) is 26.4. The average molecular weight is 614 g/mol. The van der Waals surface area contributed by atoms with Crippen LogP contribution in [0.2, 0.25) is 0 Å². The number of aliphatic carboxylic acids is 1. The number of epoxide rings is 1. The van der Waals surface area contributed by atoms with Gasteiger partial charge in [-0.2, -0.15) is 0 Å². The fourth-order valence-electron chi connectivity index (χ4n) is 5.37. The summed E-state index contributed by atoms with van der Waals surface area (Å²) >= 11 is 0. The zero-order valence-electron chi connectivity index (χ0n) is 26.4. The number of ether oxygens (including phenoxy) is 2. The van der Waals surface area contributed by atoms with Crippen LogP contribution in [-0.2, 0) is 19.1 Å². The van der Waals surface area contributed by atoms with Gasteiger partial charge in [0.1, 0.15) is 29.8 Å². The first-order chi connectivity index (χ1) is 20.7. The Balaban J connectivity index is 1.78. The van der Waals surface area contributed by atoms with E-state index in [1.54, 1.807) is 52.2 Å². The maximum absolute atomic E-state index is 12.9. The molecule has 1 aromatic rings. The van der Waals surface area contributed by atoms with Crippen molar-refractivity contribution in [2.45, 2.75) is 103 Å². The minimum Gasteiger partial charge on any atom is -0.481 e. The summed E-state index contributed by atoms with van der Waals surface area (Å²) in [6.07, 6.45) is 11.7. The number of carboxylic acids is 1. The van der Waals surface area contributed by atoms with Gasteiger partial charge in [0.2, 0.25) is 0 Å². The van der Waals surface area contributed by atoms with Crippen LogP contribution < -0.4 is 0 Å². The van der Waals surface area contributed by atoms with Crippen LogP contribution in [0.1, 0.15) is 71.9 Å². The number of aliphatic hydroxyl groups excluding tert-OH is 3. The van der Waals surface area contributed by atoms with Crippen molar-refractivity contribution in [3.05, 3.63) is 71.5 Å². The highest BCUT2D eigenvalue weighted by atomic mass is 16.6. The average Bonchev–Trinajstić information content (AvgIpc) is 3.45. The number of hydrogen-bond acceptors (Lipinski definition) is 9. The van der Waals surface area contributed by atoms with Crippen LogP contribution in [0.5, 0.6) is 0 Å². The molecule has 2 unspecified atom stereocenters. The van der Waals surface area contributed by atoms with Gasteiger partial charge in [-0.1, -0.05) is 50.3 Å². The molecule has 10 nitrogen and oxygen atoms in total. The summed E-state index contributed by atoms with van der Waals surface area (Å²) in [5, 5.41) is 42.4. The molecular weight excluding hydrogens is 566 g/mol. The number of allylic oxidation sites excluding steroid dienone is 5. The molecule has 4 N–H and O–H groups in total. The summed E-state index contributed by atoms with van der Waals surface area (Å²) in [6, 6.07) is 0. The minimum absolute atomic E-state index is 0.0283. The number of aliphatic hydroxyl groups is 3. The Kier molecular flexibility index (Phi) is 12.5. The Morgan fingerprint density at radius 1 is 1.23 bits per heavy atom. The highest BCUT2D eigenvalue weighted by molar-refractivity contribution is 5.82. The molecule has 3 rings (SSSR count). The second kappa shape index (κ2) is 15.6. The maximum atomic E-state index is 12.9. The van der Waals surface area contributed by atoms with Gasteiger partial charge in [-0.25, -0.2) is 9.78 Å². The van der Waals surface area contributed by atoms with E-state index in [0.29, 0.717) is 17.2 Å². The molecule has 0 aromatic carbocycles. The third-order valence-corrected chi connectivity index (χ3v) is 8.51. The molecule has 2 aliphatic rings. The number of aryl methyl sites for hydroxylation is 1. The van der Waals surface area contributed by atoms with E-state index in [0.717, 1.165) is 5.57 Å². The predicted octanol–water partition coefficient (Wildman–Crippen LogP) is 4.70. The molecule has 0 radical (unpaired) electrons. The first-order valence-electron chi connectivity index (χ1n) is 15.1. The van der Waals surface area contributed by atoms with Crippen molar-refractivity contribution >= 4 is 18.0 Å². The number of fused-ring (bicyclic) bond motifs is 1. The lowest BCUT2D eigenvalue weighted by atomic mass is 9.86. The molecule has 1 saturated heterocycles. The SMILES string of the molecule is CC(/C=C/C=C(\C)[C@H](O)[C@@H](C)C1C[C@H](O)C2(C)O[C@@H]2/C=C/[C@@H](C)[C@H](O)C[C@H](CC(=O)O)C/C=C/C(=O)O1)=C\c1coc(C)n1. The molecule has 2 aliphatic heterocycles. The van der Waals surface area contributed by atoms with E-state index < -0.39 is 54.0 Å². The van der Waals surface area contributed by atoms with Crippen LogP contribution in [0.3, 0.4) is 0 Å². The molecule has 9 atom stereocenters. The molecule has 1 fully saturated rings. The fraction of sp³-hybridized carbons (Fsp3) is 0.559. The van der Waals surface area contributed by atoms with Crippen molar-refractivity contribution < 1.29 is 43.9 Å². The van der Waals surface area contributed by atoms with Gasteiger partial charge in [0.25, 0.3) is 0 Å². The highest BCUT2D eigenvalue weighted by Crippen LogP contribution is 2.43. The second-order valence-corrected chi connectivity index (χ2v) is 12.4. The molecule has 0 spiro atoms. The molecule has 44 heavy (non-hydrogen) atoms. The first-order valence-corrected chi connectivity index (χ1v) is 15.1. The van der Waals surface area contributed by atoms with E-state index in [1.807, 2.05) is 38.2 Å². The number of carbonyl (C=O) groups is 2. The monoisotopic (exact) mass is 613 g/mol. The van der Waals surface area contributed by atoms with Gasteiger partial charge < -0.3 is 34.3 Å². The molecule has 0 saturated carbocycles. The smallest absolute Gasteiger partial charge is 0.330 e. The van der Waals surface area contributed by atoms with Crippen molar-refractivity contribution in [1.82, 2.24) is 4.98 Å². The Morgan fingerprint density at radius 2 is 1.95 bits per heavy atom. The zero-order chi connectivity index (χ0) is 32.6. The predicted molar refractivity (Wildman–Crippen MR) is 165 cm³/mol. The van der Waals surface area contributed by atoms with Crippen LogP contribution in [0.4, 0.5) is 0 Å². The van der Waals surface area contributed by atoms with Gasteiger partial charge >= 0.3 is 11.9 Å². The second-order valence-electron chi connectivity index (χ2n) is 12.4. The highest BCUT2D eigenvalue weighted by Gasteiger charge is 2.56. The number of rotatable bonds is 8. The summed E-state index contributed by atoms with van der Waals surface area (Å²) < 4.78 is 16.8. The van der Waals surface area contributed by atoms with Crippen molar-refractivity contribution in [3.8, 4) is 0 Å². The molecule has 10 heteroatoms. The van der Waals surface area contributed by atoms with Crippen molar-refractivity contribution in [2.24, 2.45) is 17.8 Å². The number of hydrogen-bond donors (Lipinski definition) is 4. The lowest BCUT2D eigenvalue weighted by molar-refractivity contribution is -0.150. The summed E-state index contributed by atoms with van der Waals surface area (Å²) in [6.45, 7) is 10.8. The van der Waals surface area contributed by atoms with Crippen molar-refractivity contribution in [3.63, 3.8) is 0 Å². The number of carboxylic acid groups (broad SMARTS) is 1. The third-order valence-electron chi connectivity index (χ3n) is 8.51. The molecular formula is C34H47NO9. The summed E-state index contributed by atoms with van der Waals surface area (Å²) in [7, 11) is 0. The topological polar surface area (TPSA) is 163 Å². The Bertz CT molecular complexity index is 1290. The van der Waals surface area contributed by atoms with Crippen LogP contribution in [0.15, 0.2) is 64.4 Å². The number of carbonyl (C=O) groups excluding carboxylic acids is 1. The van der Waals surface area contributed by atoms with Crippen molar-refractivity contribution in [2.75, 3.05) is 0 Å². The number of nitrogens with zero attached hydrogens (tertiary/aromatic N) is 1. The Morgan fingerprint density at radius 3 is 2.61 bits per heavy atom. The molecule has 0 amide bonds. The number of oxazole rings is 1. The van der Waals surface area contributed by atoms with Gasteiger partial charge in [0, 0.05) is 37.7 Å². The van der Waals surface area contributed by atoms with Crippen molar-refractivity contribution in [1.29, 1.82) is 0 Å². The maximum Gasteiger partial charge on any atom is 0.330 e. The van der Waals surface area contributed by atoms with E-state index >= 15 is 0 Å². The van der Waals surface area contributed by atoms with E-state index in [9.17, 15) is 30.0 Å². The standard InChI is InChI=1S/C34H47NO9/c1-20(15-26-19-42-24(5)35-26)9-7-10-22(3)33(41)23(4)28-18-29(37)34(6)30(44-34)14-13-21(2)27(36)16-25(17-31(38)39)11-8-12-32(40)43-28/h7-10,12-15,19,21,23,25,27-30,33,36-37,41H,11,16-18H2,1-6H3,(H,38,39)/b9-7+,12-8+,14-13+,20-15+,22-10+/t21-,23+,25-,27-,28?,29+,30-,33+,34?/m1/s1. The van der Waals surface area contributed by atoms with Crippen LogP contribution >= 0.6 is 0 Å². The summed E-state index contributed by atoms with van der Waals surface area (Å²) in [4.78, 5) is 28.5. The van der Waals surface area contributed by atoms with Gasteiger partial charge in [-0.05, 0) is 56.8 Å². The molecule has 0 bridgehead atoms. The first kappa shape index (κ1) is 35.2. The molecule has 242 valence electrons. The molecule has 0 aliphatic carbocycles. The lowest BCUT2D eigenvalue weighted by Gasteiger charge is -2.30. The fourth-order valence-corrected chi connectivity index (χ4v) is 5.37. The third kappa shape index (κ3) is 10.1. The van der Waals surface area contributed by atoms with Crippen LogP contribution in [-0.4, -0.2) is 73.5 Å². The lowest BCUT2D eigenvalue weighted by Crippen LogP contribution is -2.40. The number of esters is 1. The quantitative estimate of drug-likeness (QED) is 0.140. The van der Waals surface area contributed by atoms with E-state index in [2.05, 4.69) is 4.98 Å². The Hall–Kier alpha value is -3.31. The van der Waals surface area contributed by atoms with E-state index in [1.165, 1.54) is 6.08 Å². The minimum atomic E-state index is -1.00. The van der Waals surface area contributed by atoms with E-state index in [-0.39, 0.29) is 37.5 Å². The van der Waals surface area contributed by atoms with Crippen LogP contribution in [0.25, 0.3) is 6.08 Å². The summed E-state index contributed by atoms with van der Waals surface area (Å²) in [5.74, 6) is -2.29. The Labute approximate surface area is 259 Å². The van der Waals surface area contributed by atoms with Gasteiger partial charge in [-0.15, -0.1) is 0 Å². The van der Waals surface area contributed by atoms with Gasteiger partial charge in [0.15, 0.2) is 5.89 Å². The molecule has 3 heterocycles. The van der Waals surface area contributed by atoms with Gasteiger partial charge in [-0.3, -0.25) is 4.79 Å². The largest absolute Gasteiger partial charge is 0.481 e.